The molecule has 0 radical (unpaired) electrons. The van der Waals surface area contributed by atoms with Crippen molar-refractivity contribution in [3.05, 3.63) is 70.2 Å². The van der Waals surface area contributed by atoms with Crippen LogP contribution >= 0.6 is 27.7 Å². The molecule has 1 heterocycles. The maximum Gasteiger partial charge on any atom is 0.233 e. The number of nitrogens with two attached hydrogens (primary N) is 1. The summed E-state index contributed by atoms with van der Waals surface area (Å²) in [6.45, 7) is 0.464. The normalized spacial score (nSPS) is 10.7. The molecular weight excluding hydrogens is 461 g/mol. The van der Waals surface area contributed by atoms with Crippen LogP contribution < -0.4 is 10.6 Å². The maximum absolute atomic E-state index is 13.6. The number of hydrogen-bond acceptors (Lipinski definition) is 6. The van der Waals surface area contributed by atoms with Crippen molar-refractivity contribution < 1.29 is 13.9 Å². The molecule has 152 valence electrons. The number of aromatic nitrogens is 3. The number of benzene rings is 2. The molecule has 10 heteroatoms. The van der Waals surface area contributed by atoms with E-state index in [1.54, 1.807) is 24.1 Å². The number of carbonyl (C=O) groups excluding carboxylic acids is 1. The first kappa shape index (κ1) is 21.1. The van der Waals surface area contributed by atoms with Crippen molar-refractivity contribution in [1.29, 1.82) is 0 Å². The third-order valence-corrected chi connectivity index (χ3v) is 5.47. The zero-order valence-corrected chi connectivity index (χ0v) is 18.0. The van der Waals surface area contributed by atoms with Gasteiger partial charge in [0.1, 0.15) is 6.61 Å². The Labute approximate surface area is 180 Å². The van der Waals surface area contributed by atoms with E-state index < -0.39 is 5.82 Å². The molecule has 1 aromatic heterocycles. The lowest BCUT2D eigenvalue weighted by Gasteiger charge is -2.17. The number of para-hydroxylation sites is 1. The van der Waals surface area contributed by atoms with Gasteiger partial charge >= 0.3 is 0 Å². The van der Waals surface area contributed by atoms with Crippen molar-refractivity contribution in [1.82, 2.24) is 19.8 Å². The summed E-state index contributed by atoms with van der Waals surface area (Å²) in [6, 6.07) is 13.9. The highest BCUT2D eigenvalue weighted by molar-refractivity contribution is 9.10. The topological polar surface area (TPSA) is 86.3 Å². The van der Waals surface area contributed by atoms with E-state index in [2.05, 4.69) is 26.1 Å². The molecule has 0 aliphatic carbocycles. The summed E-state index contributed by atoms with van der Waals surface area (Å²) < 4.78 is 21.2. The monoisotopic (exact) mass is 479 g/mol. The molecule has 0 saturated carbocycles. The summed E-state index contributed by atoms with van der Waals surface area (Å²) in [6.07, 6.45) is 0. The van der Waals surface area contributed by atoms with Gasteiger partial charge in [0.05, 0.1) is 5.75 Å². The number of rotatable bonds is 8. The molecule has 0 aliphatic rings. The highest BCUT2D eigenvalue weighted by Crippen LogP contribution is 2.19. The molecule has 7 nitrogen and oxygen atoms in total. The van der Waals surface area contributed by atoms with Crippen LogP contribution in [0, 0.1) is 5.82 Å². The van der Waals surface area contributed by atoms with Crippen LogP contribution in [0.25, 0.3) is 0 Å². The van der Waals surface area contributed by atoms with E-state index in [1.807, 2.05) is 24.3 Å². The SMILES string of the molecule is CN(Cc1ccc(Br)cc1)C(=O)CSc1nnc(COc2ccccc2F)n1N. The quantitative estimate of drug-likeness (QED) is 0.394. The number of amides is 1. The van der Waals surface area contributed by atoms with E-state index in [9.17, 15) is 9.18 Å². The summed E-state index contributed by atoms with van der Waals surface area (Å²) in [5, 5.41) is 8.30. The first-order chi connectivity index (χ1) is 13.9. The summed E-state index contributed by atoms with van der Waals surface area (Å²) in [5.41, 5.74) is 1.03. The Morgan fingerprint density at radius 3 is 2.69 bits per heavy atom. The average molecular weight is 480 g/mol. The molecule has 0 saturated heterocycles. The van der Waals surface area contributed by atoms with E-state index in [1.165, 1.54) is 28.6 Å². The molecule has 3 aromatic rings. The van der Waals surface area contributed by atoms with Crippen LogP contribution in [-0.4, -0.2) is 38.5 Å². The van der Waals surface area contributed by atoms with Crippen molar-refractivity contribution in [2.45, 2.75) is 18.3 Å². The molecule has 0 aliphatic heterocycles. The van der Waals surface area contributed by atoms with Gasteiger partial charge in [-0.05, 0) is 29.8 Å². The lowest BCUT2D eigenvalue weighted by molar-refractivity contribution is -0.127. The predicted octanol–water partition coefficient (Wildman–Crippen LogP) is 3.22. The molecule has 2 aromatic carbocycles. The Hall–Kier alpha value is -2.59. The predicted molar refractivity (Wildman–Crippen MR) is 112 cm³/mol. The van der Waals surface area contributed by atoms with Crippen molar-refractivity contribution >= 4 is 33.6 Å². The zero-order valence-electron chi connectivity index (χ0n) is 15.6. The van der Waals surface area contributed by atoms with Crippen LogP contribution in [0.3, 0.4) is 0 Å². The van der Waals surface area contributed by atoms with Gasteiger partial charge in [-0.25, -0.2) is 9.07 Å². The number of halogens is 2. The van der Waals surface area contributed by atoms with E-state index in [4.69, 9.17) is 10.6 Å². The first-order valence-corrected chi connectivity index (χ1v) is 10.4. The smallest absolute Gasteiger partial charge is 0.233 e. The van der Waals surface area contributed by atoms with Crippen LogP contribution in [0.15, 0.2) is 58.2 Å². The Kier molecular flexibility index (Phi) is 7.10. The average Bonchev–Trinajstić information content (AvgIpc) is 3.06. The van der Waals surface area contributed by atoms with Gasteiger partial charge in [-0.3, -0.25) is 4.79 Å². The second kappa shape index (κ2) is 9.75. The largest absolute Gasteiger partial charge is 0.482 e. The summed E-state index contributed by atoms with van der Waals surface area (Å²) in [7, 11) is 1.74. The Morgan fingerprint density at radius 1 is 1.24 bits per heavy atom. The fourth-order valence-corrected chi connectivity index (χ4v) is 3.48. The minimum atomic E-state index is -0.468. The van der Waals surface area contributed by atoms with Crippen molar-refractivity contribution in [3.63, 3.8) is 0 Å². The van der Waals surface area contributed by atoms with Gasteiger partial charge in [0.25, 0.3) is 0 Å². The van der Waals surface area contributed by atoms with Gasteiger partial charge < -0.3 is 15.5 Å². The van der Waals surface area contributed by atoms with Gasteiger partial charge in [0, 0.05) is 18.1 Å². The van der Waals surface area contributed by atoms with E-state index in [-0.39, 0.29) is 24.0 Å². The Balaban J connectivity index is 1.52. The third kappa shape index (κ3) is 5.70. The lowest BCUT2D eigenvalue weighted by atomic mass is 10.2. The van der Waals surface area contributed by atoms with E-state index >= 15 is 0 Å². The standard InChI is InChI=1S/C19H19BrFN5O2S/c1-25(10-13-6-8-14(20)9-7-13)18(27)12-29-19-24-23-17(26(19)22)11-28-16-5-3-2-4-15(16)21/h2-9H,10-12,22H2,1H3. The van der Waals surface area contributed by atoms with E-state index in [0.29, 0.717) is 17.5 Å². The van der Waals surface area contributed by atoms with Crippen molar-refractivity contribution in [2.75, 3.05) is 18.6 Å². The van der Waals surface area contributed by atoms with Crippen LogP contribution in [-0.2, 0) is 17.9 Å². The van der Waals surface area contributed by atoms with Crippen molar-refractivity contribution in [2.24, 2.45) is 0 Å². The Bertz CT molecular complexity index is 983. The molecule has 2 N–H and O–H groups in total. The number of thioether (sulfide) groups is 1. The van der Waals surface area contributed by atoms with Crippen LogP contribution in [0.1, 0.15) is 11.4 Å². The van der Waals surface area contributed by atoms with Crippen molar-refractivity contribution in [3.8, 4) is 5.75 Å². The van der Waals surface area contributed by atoms with Crippen LogP contribution in [0.2, 0.25) is 0 Å². The Morgan fingerprint density at radius 2 is 1.97 bits per heavy atom. The van der Waals surface area contributed by atoms with Gasteiger partial charge in [0.2, 0.25) is 11.1 Å². The fourth-order valence-electron chi connectivity index (χ4n) is 2.40. The summed E-state index contributed by atoms with van der Waals surface area (Å²) >= 11 is 4.57. The molecule has 0 fully saturated rings. The molecular formula is C19H19BrFN5O2S. The molecule has 3 rings (SSSR count). The second-order valence-corrected chi connectivity index (χ2v) is 8.01. The maximum atomic E-state index is 13.6. The van der Waals surface area contributed by atoms with Gasteiger partial charge in [0.15, 0.2) is 17.4 Å². The highest BCUT2D eigenvalue weighted by Gasteiger charge is 2.15. The molecule has 0 atom stereocenters. The third-order valence-electron chi connectivity index (χ3n) is 4.01. The minimum absolute atomic E-state index is 0.0393. The lowest BCUT2D eigenvalue weighted by Crippen LogP contribution is -2.28. The zero-order chi connectivity index (χ0) is 20.8. The molecule has 0 bridgehead atoms. The number of hydrogen-bond donors (Lipinski definition) is 1. The van der Waals surface area contributed by atoms with Gasteiger partial charge in [-0.2, -0.15) is 0 Å². The first-order valence-electron chi connectivity index (χ1n) is 8.62. The molecule has 29 heavy (non-hydrogen) atoms. The van der Waals surface area contributed by atoms with Crippen LogP contribution in [0.5, 0.6) is 5.75 Å². The summed E-state index contributed by atoms with van der Waals surface area (Å²) in [5.74, 6) is 6.04. The molecule has 1 amide bonds. The van der Waals surface area contributed by atoms with Gasteiger partial charge in [-0.1, -0.05) is 52.0 Å². The number of carbonyl (C=O) groups is 1. The molecule has 0 unspecified atom stereocenters. The summed E-state index contributed by atoms with van der Waals surface area (Å²) in [4.78, 5) is 14.0. The van der Waals surface area contributed by atoms with Crippen LogP contribution in [0.4, 0.5) is 4.39 Å². The number of nitrogens with zero attached hydrogens (tertiary/aromatic N) is 4. The fraction of sp³-hybridized carbons (Fsp3) is 0.211. The highest BCUT2D eigenvalue weighted by atomic mass is 79.9. The van der Waals surface area contributed by atoms with E-state index in [0.717, 1.165) is 10.0 Å². The van der Waals surface area contributed by atoms with Gasteiger partial charge in [-0.15, -0.1) is 10.2 Å². The number of nitrogen functional groups attached to an aromatic ring is 1. The molecule has 0 spiro atoms. The second-order valence-electron chi connectivity index (χ2n) is 6.15. The number of ether oxygens (including phenoxy) is 1. The minimum Gasteiger partial charge on any atom is -0.482 e.